The van der Waals surface area contributed by atoms with E-state index in [1.165, 1.54) is 33.7 Å². The highest BCUT2D eigenvalue weighted by Crippen LogP contribution is 2.22. The first-order valence-corrected chi connectivity index (χ1v) is 12.1. The Bertz CT molecular complexity index is 1150. The van der Waals surface area contributed by atoms with Gasteiger partial charge < -0.3 is 10.6 Å². The summed E-state index contributed by atoms with van der Waals surface area (Å²) in [5.41, 5.74) is 4.98. The Morgan fingerprint density at radius 3 is 2.32 bits per heavy atom. The van der Waals surface area contributed by atoms with Crippen LogP contribution < -0.4 is 21.9 Å². The van der Waals surface area contributed by atoms with Gasteiger partial charge in [-0.1, -0.05) is 27.2 Å². The number of carbonyl (C=O) groups is 1. The molecule has 0 aliphatic heterocycles. The maximum atomic E-state index is 13.3. The molecule has 10 heteroatoms. The van der Waals surface area contributed by atoms with Crippen LogP contribution in [0.25, 0.3) is 0 Å². The van der Waals surface area contributed by atoms with E-state index in [9.17, 15) is 22.8 Å². The number of sulfone groups is 1. The summed E-state index contributed by atoms with van der Waals surface area (Å²) in [5.74, 6) is -0.320. The molecule has 31 heavy (non-hydrogen) atoms. The van der Waals surface area contributed by atoms with E-state index in [0.717, 1.165) is 12.7 Å². The Morgan fingerprint density at radius 1 is 1.19 bits per heavy atom. The zero-order valence-electron chi connectivity index (χ0n) is 18.3. The SMILES string of the molecule is CCCCn1c(N)c(N(CCC(C)C)C(=O)c2ccc(S(C)(=O)=O)cc2)c(=O)[nH]c1=O. The normalized spacial score (nSPS) is 11.6. The summed E-state index contributed by atoms with van der Waals surface area (Å²) in [4.78, 5) is 41.8. The number of nitrogens with one attached hydrogen (secondary N) is 1. The van der Waals surface area contributed by atoms with Crippen LogP contribution in [0.15, 0.2) is 38.8 Å². The zero-order chi connectivity index (χ0) is 23.3. The molecule has 9 nitrogen and oxygen atoms in total. The smallest absolute Gasteiger partial charge is 0.330 e. The summed E-state index contributed by atoms with van der Waals surface area (Å²) in [7, 11) is -3.41. The van der Waals surface area contributed by atoms with Crippen LogP contribution >= 0.6 is 0 Å². The molecule has 1 aromatic heterocycles. The fraction of sp³-hybridized carbons (Fsp3) is 0.476. The van der Waals surface area contributed by atoms with Crippen molar-refractivity contribution in [3.05, 3.63) is 50.7 Å². The molecule has 0 aliphatic rings. The van der Waals surface area contributed by atoms with Gasteiger partial charge in [0.25, 0.3) is 11.5 Å². The number of amides is 1. The van der Waals surface area contributed by atoms with Crippen LogP contribution in [0.2, 0.25) is 0 Å². The summed E-state index contributed by atoms with van der Waals surface area (Å²) in [6.45, 7) is 6.47. The molecule has 2 rings (SSSR count). The van der Waals surface area contributed by atoms with E-state index in [0.29, 0.717) is 19.4 Å². The molecule has 0 radical (unpaired) electrons. The van der Waals surface area contributed by atoms with Crippen LogP contribution in [0.4, 0.5) is 11.5 Å². The number of aromatic nitrogens is 2. The molecule has 0 unspecified atom stereocenters. The quantitative estimate of drug-likeness (QED) is 0.600. The number of unbranched alkanes of at least 4 members (excludes halogenated alkanes) is 1. The molecule has 1 aromatic carbocycles. The minimum atomic E-state index is -3.41. The van der Waals surface area contributed by atoms with Crippen LogP contribution in [0.5, 0.6) is 0 Å². The van der Waals surface area contributed by atoms with Crippen molar-refractivity contribution in [2.75, 3.05) is 23.4 Å². The second kappa shape index (κ2) is 9.95. The lowest BCUT2D eigenvalue weighted by Crippen LogP contribution is -2.42. The monoisotopic (exact) mass is 450 g/mol. The van der Waals surface area contributed by atoms with Crippen molar-refractivity contribution in [3.8, 4) is 0 Å². The maximum absolute atomic E-state index is 13.3. The number of H-pyrrole nitrogens is 1. The Labute approximate surface area is 181 Å². The van der Waals surface area contributed by atoms with Gasteiger partial charge in [0.2, 0.25) is 0 Å². The van der Waals surface area contributed by atoms with Crippen molar-refractivity contribution < 1.29 is 13.2 Å². The lowest BCUT2D eigenvalue weighted by atomic mass is 10.1. The molecule has 0 bridgehead atoms. The number of rotatable bonds is 9. The molecule has 170 valence electrons. The number of aromatic amines is 1. The molecule has 0 fully saturated rings. The number of carbonyl (C=O) groups excluding carboxylic acids is 1. The predicted molar refractivity (Wildman–Crippen MR) is 121 cm³/mol. The lowest BCUT2D eigenvalue weighted by molar-refractivity contribution is 0.0985. The summed E-state index contributed by atoms with van der Waals surface area (Å²) < 4.78 is 24.7. The minimum absolute atomic E-state index is 0.0629. The largest absolute Gasteiger partial charge is 0.383 e. The van der Waals surface area contributed by atoms with E-state index >= 15 is 0 Å². The van der Waals surface area contributed by atoms with Crippen LogP contribution in [0, 0.1) is 5.92 Å². The Morgan fingerprint density at radius 2 is 1.81 bits per heavy atom. The van der Waals surface area contributed by atoms with E-state index in [1.807, 2.05) is 20.8 Å². The van der Waals surface area contributed by atoms with Gasteiger partial charge in [-0.25, -0.2) is 13.2 Å². The molecule has 1 amide bonds. The average molecular weight is 451 g/mol. The fourth-order valence-electron chi connectivity index (χ4n) is 3.08. The number of hydrogen-bond acceptors (Lipinski definition) is 6. The van der Waals surface area contributed by atoms with Crippen molar-refractivity contribution in [1.82, 2.24) is 9.55 Å². The molecule has 0 aliphatic carbocycles. The van der Waals surface area contributed by atoms with Crippen LogP contribution in [0.3, 0.4) is 0 Å². The van der Waals surface area contributed by atoms with Crippen molar-refractivity contribution >= 4 is 27.2 Å². The second-order valence-electron chi connectivity index (χ2n) is 7.93. The van der Waals surface area contributed by atoms with Crippen LogP contribution in [0.1, 0.15) is 50.4 Å². The summed E-state index contributed by atoms with van der Waals surface area (Å²) >= 11 is 0. The highest BCUT2D eigenvalue weighted by molar-refractivity contribution is 7.90. The highest BCUT2D eigenvalue weighted by Gasteiger charge is 2.25. The van der Waals surface area contributed by atoms with E-state index < -0.39 is 27.0 Å². The number of nitrogen functional groups attached to an aromatic ring is 1. The summed E-state index contributed by atoms with van der Waals surface area (Å²) in [6, 6.07) is 5.50. The number of benzene rings is 1. The first-order chi connectivity index (χ1) is 14.5. The third-order valence-corrected chi connectivity index (χ3v) is 6.05. The number of nitrogens with two attached hydrogens (primary N) is 1. The van der Waals surface area contributed by atoms with Crippen molar-refractivity contribution in [2.24, 2.45) is 5.92 Å². The molecular weight excluding hydrogens is 420 g/mol. The minimum Gasteiger partial charge on any atom is -0.383 e. The highest BCUT2D eigenvalue weighted by atomic mass is 32.2. The van der Waals surface area contributed by atoms with E-state index in [2.05, 4.69) is 4.98 Å². The predicted octanol–water partition coefficient (Wildman–Crippen LogP) is 2.02. The Hall–Kier alpha value is -2.88. The second-order valence-corrected chi connectivity index (χ2v) is 9.95. The summed E-state index contributed by atoms with van der Waals surface area (Å²) in [5, 5.41) is 0. The number of hydrogen-bond donors (Lipinski definition) is 2. The van der Waals surface area contributed by atoms with Gasteiger partial charge in [0.1, 0.15) is 5.82 Å². The third-order valence-electron chi connectivity index (χ3n) is 4.92. The fourth-order valence-corrected chi connectivity index (χ4v) is 3.71. The van der Waals surface area contributed by atoms with Crippen molar-refractivity contribution in [2.45, 2.75) is 51.5 Å². The maximum Gasteiger partial charge on any atom is 0.330 e. The van der Waals surface area contributed by atoms with E-state index in [-0.39, 0.29) is 34.4 Å². The standard InChI is InChI=1S/C21H30N4O5S/c1-5-6-12-25-18(22)17(19(26)23-21(25)28)24(13-11-14(2)3)20(27)15-7-9-16(10-8-15)31(4,29)30/h7-10,14H,5-6,11-13,22H2,1-4H3,(H,23,26,28). The molecule has 2 aromatic rings. The van der Waals surface area contributed by atoms with Gasteiger partial charge in [-0.05, 0) is 43.0 Å². The number of anilines is 2. The Kier molecular flexibility index (Phi) is 7.83. The molecule has 1 heterocycles. The van der Waals surface area contributed by atoms with Gasteiger partial charge in [0, 0.05) is 24.9 Å². The molecule has 0 saturated carbocycles. The molecule has 3 N–H and O–H groups in total. The topological polar surface area (TPSA) is 135 Å². The van der Waals surface area contributed by atoms with Gasteiger partial charge in [0.05, 0.1) is 4.90 Å². The van der Waals surface area contributed by atoms with Gasteiger partial charge in [-0.2, -0.15) is 0 Å². The Balaban J connectivity index is 2.58. The van der Waals surface area contributed by atoms with E-state index in [1.54, 1.807) is 0 Å². The zero-order valence-corrected chi connectivity index (χ0v) is 19.2. The molecule has 0 spiro atoms. The molecule has 0 atom stereocenters. The van der Waals surface area contributed by atoms with Crippen LogP contribution in [-0.4, -0.2) is 36.7 Å². The third kappa shape index (κ3) is 5.84. The van der Waals surface area contributed by atoms with Crippen molar-refractivity contribution in [1.29, 1.82) is 0 Å². The first kappa shape index (κ1) is 24.4. The number of nitrogens with zero attached hydrogens (tertiary/aromatic N) is 2. The lowest BCUT2D eigenvalue weighted by Gasteiger charge is -2.25. The van der Waals surface area contributed by atoms with Crippen LogP contribution in [-0.2, 0) is 16.4 Å². The van der Waals surface area contributed by atoms with Gasteiger partial charge >= 0.3 is 5.69 Å². The molecular formula is C21H30N4O5S. The first-order valence-electron chi connectivity index (χ1n) is 10.2. The van der Waals surface area contributed by atoms with Gasteiger partial charge in [-0.15, -0.1) is 0 Å². The van der Waals surface area contributed by atoms with Crippen molar-refractivity contribution in [3.63, 3.8) is 0 Å². The summed E-state index contributed by atoms with van der Waals surface area (Å²) in [6.07, 6.45) is 3.18. The van der Waals surface area contributed by atoms with Gasteiger partial charge in [-0.3, -0.25) is 19.1 Å². The van der Waals surface area contributed by atoms with E-state index in [4.69, 9.17) is 5.73 Å². The average Bonchev–Trinajstić information content (AvgIpc) is 2.69. The molecule has 0 saturated heterocycles. The van der Waals surface area contributed by atoms with Gasteiger partial charge in [0.15, 0.2) is 15.5 Å².